The number of furan rings is 1. The van der Waals surface area contributed by atoms with Crippen LogP contribution in [0.3, 0.4) is 0 Å². The first-order valence-corrected chi connectivity index (χ1v) is 8.20. The van der Waals surface area contributed by atoms with E-state index in [4.69, 9.17) is 10.2 Å². The van der Waals surface area contributed by atoms with Crippen LogP contribution in [0.25, 0.3) is 0 Å². The van der Waals surface area contributed by atoms with E-state index in [1.54, 1.807) is 6.07 Å². The maximum absolute atomic E-state index is 12.6. The quantitative estimate of drug-likeness (QED) is 0.897. The molecule has 1 unspecified atom stereocenters. The van der Waals surface area contributed by atoms with Gasteiger partial charge in [-0.1, -0.05) is 37.3 Å². The lowest BCUT2D eigenvalue weighted by Gasteiger charge is -2.24. The summed E-state index contributed by atoms with van der Waals surface area (Å²) in [5, 5.41) is 0. The number of carbonyl (C=O) groups is 1. The average molecular weight is 349 g/mol. The SMILES string of the molecule is CC1(CCc2ccccc2)CCN(C(=O)c2coc(CN)c2)C1.Cl. The van der Waals surface area contributed by atoms with Crippen LogP contribution >= 0.6 is 12.4 Å². The second-order valence-corrected chi connectivity index (χ2v) is 6.78. The van der Waals surface area contributed by atoms with Gasteiger partial charge in [0.25, 0.3) is 5.91 Å². The molecule has 1 aliphatic heterocycles. The van der Waals surface area contributed by atoms with Crippen LogP contribution in [0.2, 0.25) is 0 Å². The molecular formula is C19H25ClN2O2. The van der Waals surface area contributed by atoms with Crippen LogP contribution in [0.4, 0.5) is 0 Å². The molecule has 1 saturated heterocycles. The van der Waals surface area contributed by atoms with E-state index in [2.05, 4.69) is 31.2 Å². The molecule has 0 bridgehead atoms. The Morgan fingerprint density at radius 2 is 2.08 bits per heavy atom. The summed E-state index contributed by atoms with van der Waals surface area (Å²) in [4.78, 5) is 14.5. The van der Waals surface area contributed by atoms with E-state index in [1.807, 2.05) is 11.0 Å². The van der Waals surface area contributed by atoms with Crippen LogP contribution in [0.15, 0.2) is 47.1 Å². The molecule has 1 atom stereocenters. The minimum atomic E-state index is 0. The van der Waals surface area contributed by atoms with Crippen molar-refractivity contribution in [1.82, 2.24) is 4.90 Å². The lowest BCUT2D eigenvalue weighted by molar-refractivity contribution is 0.0773. The Labute approximate surface area is 149 Å². The van der Waals surface area contributed by atoms with E-state index in [0.717, 1.165) is 32.4 Å². The molecule has 5 heteroatoms. The molecular weight excluding hydrogens is 324 g/mol. The second-order valence-electron chi connectivity index (χ2n) is 6.78. The van der Waals surface area contributed by atoms with Gasteiger partial charge in [-0.25, -0.2) is 0 Å². The summed E-state index contributed by atoms with van der Waals surface area (Å²) >= 11 is 0. The smallest absolute Gasteiger partial charge is 0.257 e. The van der Waals surface area contributed by atoms with Gasteiger partial charge in [-0.3, -0.25) is 4.79 Å². The van der Waals surface area contributed by atoms with Gasteiger partial charge in [-0.15, -0.1) is 12.4 Å². The number of halogens is 1. The van der Waals surface area contributed by atoms with Gasteiger partial charge in [0, 0.05) is 13.1 Å². The summed E-state index contributed by atoms with van der Waals surface area (Å²) in [5.41, 5.74) is 7.69. The molecule has 1 aromatic carbocycles. The van der Waals surface area contributed by atoms with E-state index in [9.17, 15) is 4.79 Å². The summed E-state index contributed by atoms with van der Waals surface area (Å²) in [6, 6.07) is 12.3. The summed E-state index contributed by atoms with van der Waals surface area (Å²) in [7, 11) is 0. The van der Waals surface area contributed by atoms with Crippen molar-refractivity contribution in [3.8, 4) is 0 Å². The number of hydrogen-bond acceptors (Lipinski definition) is 3. The Balaban J connectivity index is 0.00000208. The zero-order valence-corrected chi connectivity index (χ0v) is 14.8. The minimum absolute atomic E-state index is 0. The molecule has 4 nitrogen and oxygen atoms in total. The van der Waals surface area contributed by atoms with Crippen molar-refractivity contribution in [2.75, 3.05) is 13.1 Å². The molecule has 0 spiro atoms. The molecule has 2 N–H and O–H groups in total. The number of nitrogens with two attached hydrogens (primary N) is 1. The van der Waals surface area contributed by atoms with Crippen LogP contribution in [0.5, 0.6) is 0 Å². The maximum Gasteiger partial charge on any atom is 0.257 e. The van der Waals surface area contributed by atoms with Gasteiger partial charge >= 0.3 is 0 Å². The van der Waals surface area contributed by atoms with Gasteiger partial charge in [0.2, 0.25) is 0 Å². The molecule has 2 heterocycles. The zero-order chi connectivity index (χ0) is 16.3. The molecule has 24 heavy (non-hydrogen) atoms. The van der Waals surface area contributed by atoms with E-state index < -0.39 is 0 Å². The number of carbonyl (C=O) groups excluding carboxylic acids is 1. The Morgan fingerprint density at radius 3 is 2.75 bits per heavy atom. The van der Waals surface area contributed by atoms with Crippen LogP contribution in [-0.2, 0) is 13.0 Å². The van der Waals surface area contributed by atoms with Crippen molar-refractivity contribution >= 4 is 18.3 Å². The van der Waals surface area contributed by atoms with E-state index in [1.165, 1.54) is 11.8 Å². The number of benzene rings is 1. The minimum Gasteiger partial charge on any atom is -0.467 e. The molecule has 0 radical (unpaired) electrons. The van der Waals surface area contributed by atoms with E-state index in [-0.39, 0.29) is 23.7 Å². The standard InChI is InChI=1S/C19H24N2O2.ClH/c1-19(8-7-15-5-3-2-4-6-15)9-10-21(14-19)18(22)16-11-17(12-20)23-13-16;/h2-6,11,13H,7-10,12,14,20H2,1H3;1H. The average Bonchev–Trinajstić information content (AvgIpc) is 3.21. The fourth-order valence-corrected chi connectivity index (χ4v) is 3.27. The van der Waals surface area contributed by atoms with Crippen molar-refractivity contribution in [1.29, 1.82) is 0 Å². The Hall–Kier alpha value is -1.78. The summed E-state index contributed by atoms with van der Waals surface area (Å²) < 4.78 is 5.28. The van der Waals surface area contributed by atoms with Gasteiger partial charge in [0.1, 0.15) is 12.0 Å². The first kappa shape index (κ1) is 18.6. The van der Waals surface area contributed by atoms with Gasteiger partial charge in [0.15, 0.2) is 0 Å². The van der Waals surface area contributed by atoms with Crippen LogP contribution in [0, 0.1) is 5.41 Å². The third kappa shape index (κ3) is 4.19. The number of aryl methyl sites for hydroxylation is 1. The summed E-state index contributed by atoms with van der Waals surface area (Å²) in [6.45, 7) is 4.22. The predicted octanol–water partition coefficient (Wildman–Crippen LogP) is 3.65. The fraction of sp³-hybridized carbons (Fsp3) is 0.421. The topological polar surface area (TPSA) is 59.5 Å². The molecule has 3 rings (SSSR count). The molecule has 1 fully saturated rings. The molecule has 1 aromatic heterocycles. The largest absolute Gasteiger partial charge is 0.467 e. The lowest BCUT2D eigenvalue weighted by atomic mass is 9.83. The Bertz CT molecular complexity index is 671. The highest BCUT2D eigenvalue weighted by Crippen LogP contribution is 2.35. The number of likely N-dealkylation sites (tertiary alicyclic amines) is 1. The molecule has 2 aromatic rings. The normalized spacial score (nSPS) is 20.0. The summed E-state index contributed by atoms with van der Waals surface area (Å²) in [5.74, 6) is 0.705. The van der Waals surface area contributed by atoms with E-state index in [0.29, 0.717) is 17.9 Å². The zero-order valence-electron chi connectivity index (χ0n) is 14.0. The first-order chi connectivity index (χ1) is 11.1. The van der Waals surface area contributed by atoms with Crippen molar-refractivity contribution in [3.05, 3.63) is 59.5 Å². The first-order valence-electron chi connectivity index (χ1n) is 8.20. The van der Waals surface area contributed by atoms with Gasteiger partial charge in [-0.05, 0) is 36.3 Å². The number of hydrogen-bond donors (Lipinski definition) is 1. The third-order valence-corrected chi connectivity index (χ3v) is 4.81. The lowest BCUT2D eigenvalue weighted by Crippen LogP contribution is -2.31. The number of amides is 1. The summed E-state index contributed by atoms with van der Waals surface area (Å²) in [6.07, 6.45) is 4.72. The highest BCUT2D eigenvalue weighted by Gasteiger charge is 2.36. The third-order valence-electron chi connectivity index (χ3n) is 4.81. The maximum atomic E-state index is 12.6. The fourth-order valence-electron chi connectivity index (χ4n) is 3.27. The van der Waals surface area contributed by atoms with Crippen molar-refractivity contribution in [2.24, 2.45) is 11.1 Å². The molecule has 1 aliphatic rings. The van der Waals surface area contributed by atoms with Crippen LogP contribution in [-0.4, -0.2) is 23.9 Å². The monoisotopic (exact) mass is 348 g/mol. The van der Waals surface area contributed by atoms with Crippen LogP contribution in [0.1, 0.15) is 41.4 Å². The van der Waals surface area contributed by atoms with Gasteiger partial charge in [0.05, 0.1) is 12.1 Å². The Morgan fingerprint density at radius 1 is 1.33 bits per heavy atom. The molecule has 130 valence electrons. The van der Waals surface area contributed by atoms with Crippen molar-refractivity contribution < 1.29 is 9.21 Å². The predicted molar refractivity (Wildman–Crippen MR) is 97.2 cm³/mol. The Kier molecular flexibility index (Phi) is 6.08. The highest BCUT2D eigenvalue weighted by molar-refractivity contribution is 5.94. The second kappa shape index (κ2) is 7.86. The molecule has 0 saturated carbocycles. The van der Waals surface area contributed by atoms with Crippen LogP contribution < -0.4 is 5.73 Å². The number of nitrogens with zero attached hydrogens (tertiary/aromatic N) is 1. The van der Waals surface area contributed by atoms with Gasteiger partial charge in [-0.2, -0.15) is 0 Å². The van der Waals surface area contributed by atoms with Crippen molar-refractivity contribution in [3.63, 3.8) is 0 Å². The molecule has 0 aliphatic carbocycles. The van der Waals surface area contributed by atoms with Crippen molar-refractivity contribution in [2.45, 2.75) is 32.7 Å². The van der Waals surface area contributed by atoms with Gasteiger partial charge < -0.3 is 15.1 Å². The number of rotatable bonds is 5. The highest BCUT2D eigenvalue weighted by atomic mass is 35.5. The molecule has 1 amide bonds. The van der Waals surface area contributed by atoms with E-state index >= 15 is 0 Å².